The van der Waals surface area contributed by atoms with Crippen LogP contribution in [-0.2, 0) is 4.79 Å². The number of nitrogens with zero attached hydrogens (tertiary/aromatic N) is 3. The van der Waals surface area contributed by atoms with Crippen molar-refractivity contribution in [3.8, 4) is 0 Å². The smallest absolute Gasteiger partial charge is 0.238 e. The average molecular weight is 306 g/mol. The number of piperidine rings is 1. The van der Waals surface area contributed by atoms with Gasteiger partial charge in [0.2, 0.25) is 5.91 Å². The number of likely N-dealkylation sites (N-methyl/N-ethyl adjacent to an activating group) is 1. The Kier molecular flexibility index (Phi) is 6.15. The van der Waals surface area contributed by atoms with E-state index in [4.69, 9.17) is 0 Å². The molecule has 1 saturated heterocycles. The number of aliphatic hydroxyl groups excluding tert-OH is 1. The minimum absolute atomic E-state index is 0.101. The van der Waals surface area contributed by atoms with Crippen molar-refractivity contribution in [2.45, 2.75) is 32.3 Å². The molecule has 0 aliphatic carbocycles. The summed E-state index contributed by atoms with van der Waals surface area (Å²) in [4.78, 5) is 20.4. The third-order valence-electron chi connectivity index (χ3n) is 3.70. The lowest BCUT2D eigenvalue weighted by molar-refractivity contribution is -0.117. The van der Waals surface area contributed by atoms with E-state index in [9.17, 15) is 9.90 Å². The zero-order chi connectivity index (χ0) is 15.9. The highest BCUT2D eigenvalue weighted by molar-refractivity contribution is 5.92. The quantitative estimate of drug-likeness (QED) is 0.830. The van der Waals surface area contributed by atoms with Crippen LogP contribution in [0, 0.1) is 0 Å². The number of hydrogen-bond donors (Lipinski definition) is 2. The van der Waals surface area contributed by atoms with Gasteiger partial charge in [-0.2, -0.15) is 0 Å². The lowest BCUT2D eigenvalue weighted by atomic mass is 10.1. The molecular weight excluding hydrogens is 280 g/mol. The molecule has 6 nitrogen and oxygen atoms in total. The first-order chi connectivity index (χ1) is 10.5. The molecule has 2 rings (SSSR count). The number of carbonyl (C=O) groups excluding carboxylic acids is 1. The van der Waals surface area contributed by atoms with Crippen molar-refractivity contribution in [3.63, 3.8) is 0 Å². The van der Waals surface area contributed by atoms with E-state index in [0.29, 0.717) is 12.2 Å². The second-order valence-corrected chi connectivity index (χ2v) is 6.05. The largest absolute Gasteiger partial charge is 0.392 e. The van der Waals surface area contributed by atoms with Gasteiger partial charge in [-0.15, -0.1) is 0 Å². The van der Waals surface area contributed by atoms with E-state index in [2.05, 4.69) is 15.2 Å². The maximum Gasteiger partial charge on any atom is 0.238 e. The Bertz CT molecular complexity index is 470. The Morgan fingerprint density at radius 3 is 2.73 bits per heavy atom. The number of pyridine rings is 1. The van der Waals surface area contributed by atoms with Gasteiger partial charge in [-0.1, -0.05) is 0 Å². The summed E-state index contributed by atoms with van der Waals surface area (Å²) in [7, 11) is 1.81. The first-order valence-corrected chi connectivity index (χ1v) is 7.92. The molecule has 1 aliphatic rings. The van der Waals surface area contributed by atoms with E-state index < -0.39 is 6.10 Å². The number of amides is 1. The van der Waals surface area contributed by atoms with Gasteiger partial charge in [0.15, 0.2) is 0 Å². The van der Waals surface area contributed by atoms with Crippen molar-refractivity contribution in [2.24, 2.45) is 0 Å². The molecule has 2 N–H and O–H groups in total. The lowest BCUT2D eigenvalue weighted by Crippen LogP contribution is -2.34. The van der Waals surface area contributed by atoms with Crippen LogP contribution in [0.3, 0.4) is 0 Å². The third-order valence-corrected chi connectivity index (χ3v) is 3.70. The number of rotatable bonds is 6. The fourth-order valence-electron chi connectivity index (χ4n) is 2.73. The molecule has 1 atom stereocenters. The van der Waals surface area contributed by atoms with E-state index in [1.165, 1.54) is 19.3 Å². The summed E-state index contributed by atoms with van der Waals surface area (Å²) in [6.07, 6.45) is 5.00. The van der Waals surface area contributed by atoms with E-state index in [1.54, 1.807) is 18.0 Å². The molecule has 0 saturated carbocycles. The van der Waals surface area contributed by atoms with E-state index in [0.717, 1.165) is 18.9 Å². The van der Waals surface area contributed by atoms with Gasteiger partial charge in [0.25, 0.3) is 0 Å². The van der Waals surface area contributed by atoms with Crippen LogP contribution in [0.1, 0.15) is 26.2 Å². The fraction of sp³-hybridized carbons (Fsp3) is 0.625. The summed E-state index contributed by atoms with van der Waals surface area (Å²) < 4.78 is 0. The fourth-order valence-corrected chi connectivity index (χ4v) is 2.73. The predicted octanol–water partition coefficient (Wildman–Crippen LogP) is 1.32. The van der Waals surface area contributed by atoms with Gasteiger partial charge < -0.3 is 15.3 Å². The summed E-state index contributed by atoms with van der Waals surface area (Å²) >= 11 is 0. The minimum atomic E-state index is -0.441. The molecule has 1 fully saturated rings. The van der Waals surface area contributed by atoms with Crippen LogP contribution in [0.4, 0.5) is 11.5 Å². The molecule has 6 heteroatoms. The van der Waals surface area contributed by atoms with Crippen LogP contribution in [-0.4, -0.2) is 60.2 Å². The molecule has 1 aromatic heterocycles. The van der Waals surface area contributed by atoms with Crippen LogP contribution in [0.25, 0.3) is 0 Å². The van der Waals surface area contributed by atoms with Gasteiger partial charge >= 0.3 is 0 Å². The highest BCUT2D eigenvalue weighted by Crippen LogP contribution is 2.18. The Hall–Kier alpha value is -1.66. The lowest BCUT2D eigenvalue weighted by Gasteiger charge is -2.27. The summed E-state index contributed by atoms with van der Waals surface area (Å²) in [5, 5.41) is 12.1. The van der Waals surface area contributed by atoms with Crippen LogP contribution >= 0.6 is 0 Å². The SMILES string of the molecule is CC(O)CN(C)CC(=O)Nc1ccc(N2CCCCC2)nc1. The van der Waals surface area contributed by atoms with Crippen molar-refractivity contribution in [1.82, 2.24) is 9.88 Å². The average Bonchev–Trinajstić information content (AvgIpc) is 2.47. The number of hydrogen-bond acceptors (Lipinski definition) is 5. The Morgan fingerprint density at radius 1 is 1.41 bits per heavy atom. The summed E-state index contributed by atoms with van der Waals surface area (Å²) in [5.41, 5.74) is 0.705. The maximum atomic E-state index is 11.9. The zero-order valence-electron chi connectivity index (χ0n) is 13.5. The zero-order valence-corrected chi connectivity index (χ0v) is 13.5. The Morgan fingerprint density at radius 2 is 2.14 bits per heavy atom. The van der Waals surface area contributed by atoms with Gasteiger partial charge in [-0.25, -0.2) is 4.98 Å². The van der Waals surface area contributed by atoms with E-state index in [-0.39, 0.29) is 12.5 Å². The Balaban J connectivity index is 1.84. The predicted molar refractivity (Wildman–Crippen MR) is 88.1 cm³/mol. The molecule has 1 aromatic rings. The van der Waals surface area contributed by atoms with Gasteiger partial charge in [0, 0.05) is 19.6 Å². The first kappa shape index (κ1) is 16.7. The van der Waals surface area contributed by atoms with E-state index in [1.807, 2.05) is 19.2 Å². The van der Waals surface area contributed by atoms with Crippen LogP contribution in [0.5, 0.6) is 0 Å². The van der Waals surface area contributed by atoms with Gasteiger partial charge in [0.05, 0.1) is 24.5 Å². The molecule has 0 radical (unpaired) electrons. The maximum absolute atomic E-state index is 11.9. The molecule has 0 spiro atoms. The summed E-state index contributed by atoms with van der Waals surface area (Å²) in [6, 6.07) is 3.85. The highest BCUT2D eigenvalue weighted by Gasteiger charge is 2.12. The molecule has 1 amide bonds. The van der Waals surface area contributed by atoms with Crippen molar-refractivity contribution in [1.29, 1.82) is 0 Å². The first-order valence-electron chi connectivity index (χ1n) is 7.92. The molecular formula is C16H26N4O2. The molecule has 2 heterocycles. The highest BCUT2D eigenvalue weighted by atomic mass is 16.3. The van der Waals surface area contributed by atoms with Crippen molar-refractivity contribution < 1.29 is 9.90 Å². The normalized spacial score (nSPS) is 16.6. The molecule has 1 unspecified atom stereocenters. The second-order valence-electron chi connectivity index (χ2n) is 6.05. The summed E-state index contributed by atoms with van der Waals surface area (Å²) in [5.74, 6) is 0.875. The van der Waals surface area contributed by atoms with Crippen molar-refractivity contribution in [2.75, 3.05) is 43.4 Å². The number of aromatic nitrogens is 1. The monoisotopic (exact) mass is 306 g/mol. The molecule has 0 aromatic carbocycles. The van der Waals surface area contributed by atoms with E-state index >= 15 is 0 Å². The Labute approximate surface area is 132 Å². The number of nitrogens with one attached hydrogen (secondary N) is 1. The summed E-state index contributed by atoms with van der Waals surface area (Å²) in [6.45, 7) is 4.54. The van der Waals surface area contributed by atoms with Gasteiger partial charge in [-0.05, 0) is 45.4 Å². The van der Waals surface area contributed by atoms with Crippen molar-refractivity contribution in [3.05, 3.63) is 18.3 Å². The topological polar surface area (TPSA) is 68.7 Å². The number of anilines is 2. The standard InChI is InChI=1S/C16H26N4O2/c1-13(21)11-19(2)12-16(22)18-14-6-7-15(17-10-14)20-8-4-3-5-9-20/h6-7,10,13,21H,3-5,8-9,11-12H2,1-2H3,(H,18,22). The number of aliphatic hydroxyl groups is 1. The molecule has 0 bridgehead atoms. The molecule has 122 valence electrons. The van der Waals surface area contributed by atoms with Gasteiger partial charge in [0.1, 0.15) is 5.82 Å². The minimum Gasteiger partial charge on any atom is -0.392 e. The third kappa shape index (κ3) is 5.27. The molecule has 1 aliphatic heterocycles. The van der Waals surface area contributed by atoms with Gasteiger partial charge in [-0.3, -0.25) is 9.69 Å². The van der Waals surface area contributed by atoms with Crippen molar-refractivity contribution >= 4 is 17.4 Å². The van der Waals surface area contributed by atoms with Crippen LogP contribution < -0.4 is 10.2 Å². The number of carbonyl (C=O) groups is 1. The van der Waals surface area contributed by atoms with Crippen LogP contribution in [0.2, 0.25) is 0 Å². The second kappa shape index (κ2) is 8.10. The van der Waals surface area contributed by atoms with Crippen LogP contribution in [0.15, 0.2) is 18.3 Å². The molecule has 22 heavy (non-hydrogen) atoms.